The summed E-state index contributed by atoms with van der Waals surface area (Å²) in [6, 6.07) is 11.0. The van der Waals surface area contributed by atoms with Crippen molar-refractivity contribution < 1.29 is 28.7 Å². The van der Waals surface area contributed by atoms with Gasteiger partial charge in [0.15, 0.2) is 12.4 Å². The number of aryl methyl sites for hydroxylation is 1. The summed E-state index contributed by atoms with van der Waals surface area (Å²) in [5.74, 6) is -1.59. The van der Waals surface area contributed by atoms with Crippen molar-refractivity contribution in [2.75, 3.05) is 11.9 Å². The van der Waals surface area contributed by atoms with Crippen molar-refractivity contribution in [3.8, 4) is 5.75 Å². The summed E-state index contributed by atoms with van der Waals surface area (Å²) >= 11 is 6.00. The Hall–Kier alpha value is -3.19. The summed E-state index contributed by atoms with van der Waals surface area (Å²) in [6.45, 7) is 2.68. The zero-order valence-corrected chi connectivity index (χ0v) is 16.7. The van der Waals surface area contributed by atoms with Crippen LogP contribution in [0.15, 0.2) is 42.5 Å². The van der Waals surface area contributed by atoms with E-state index < -0.39 is 24.3 Å². The third-order valence-electron chi connectivity index (χ3n) is 3.81. The van der Waals surface area contributed by atoms with Crippen LogP contribution >= 0.6 is 11.6 Å². The Morgan fingerprint density at radius 3 is 2.31 bits per heavy atom. The summed E-state index contributed by atoms with van der Waals surface area (Å²) in [7, 11) is 0. The second-order valence-corrected chi connectivity index (χ2v) is 6.62. The van der Waals surface area contributed by atoms with E-state index in [0.717, 1.165) is 5.56 Å². The minimum Gasteiger partial charge on any atom is -0.457 e. The molecular weight excluding hydrogens is 398 g/mol. The number of amides is 1. The number of Topliss-reactive ketones (excluding diaryl/α,β-unsaturated/α-hetero) is 1. The molecule has 7 nitrogen and oxygen atoms in total. The summed E-state index contributed by atoms with van der Waals surface area (Å²) in [4.78, 5) is 46.6. The van der Waals surface area contributed by atoms with Crippen molar-refractivity contribution in [3.63, 3.8) is 0 Å². The Kier molecular flexibility index (Phi) is 7.91. The molecule has 0 fully saturated rings. The highest BCUT2D eigenvalue weighted by atomic mass is 35.5. The Bertz CT molecular complexity index is 923. The number of anilines is 1. The number of halogens is 1. The zero-order chi connectivity index (χ0) is 21.4. The quantitative estimate of drug-likeness (QED) is 0.399. The average molecular weight is 418 g/mol. The molecule has 0 aromatic heterocycles. The van der Waals surface area contributed by atoms with Crippen molar-refractivity contribution in [3.05, 3.63) is 58.6 Å². The number of hydrogen-bond donors (Lipinski definition) is 1. The van der Waals surface area contributed by atoms with Gasteiger partial charge < -0.3 is 14.8 Å². The monoisotopic (exact) mass is 417 g/mol. The first kappa shape index (κ1) is 22.1. The first-order valence-corrected chi connectivity index (χ1v) is 9.15. The molecule has 0 radical (unpaired) electrons. The van der Waals surface area contributed by atoms with Gasteiger partial charge in [-0.15, -0.1) is 0 Å². The maximum Gasteiger partial charge on any atom is 0.308 e. The highest BCUT2D eigenvalue weighted by Crippen LogP contribution is 2.20. The molecule has 29 heavy (non-hydrogen) atoms. The number of nitrogens with one attached hydrogen (secondary N) is 1. The fourth-order valence-electron chi connectivity index (χ4n) is 2.29. The van der Waals surface area contributed by atoms with Crippen LogP contribution in [-0.4, -0.2) is 30.2 Å². The topological polar surface area (TPSA) is 98.8 Å². The lowest BCUT2D eigenvalue weighted by Crippen LogP contribution is -2.17. The van der Waals surface area contributed by atoms with E-state index in [-0.39, 0.29) is 18.7 Å². The third kappa shape index (κ3) is 7.38. The third-order valence-corrected chi connectivity index (χ3v) is 4.22. The van der Waals surface area contributed by atoms with Gasteiger partial charge in [0.2, 0.25) is 5.91 Å². The number of ether oxygens (including phenoxy) is 2. The second-order valence-electron chi connectivity index (χ2n) is 6.21. The van der Waals surface area contributed by atoms with Gasteiger partial charge in [-0.25, -0.2) is 0 Å². The maximum absolute atomic E-state index is 12.0. The standard InChI is InChI=1S/C21H20ClNO6/c1-13-3-6-16(11-18(13)22)23-20(26)9-10-21(27)28-12-19(25)15-4-7-17(8-5-15)29-14(2)24/h3-8,11H,9-10,12H2,1-2H3,(H,23,26). The normalized spacial score (nSPS) is 10.2. The van der Waals surface area contributed by atoms with E-state index >= 15 is 0 Å². The van der Waals surface area contributed by atoms with Gasteiger partial charge in [0.1, 0.15) is 5.75 Å². The Morgan fingerprint density at radius 2 is 1.69 bits per heavy atom. The SMILES string of the molecule is CC(=O)Oc1ccc(C(=O)COC(=O)CCC(=O)Nc2ccc(C)c(Cl)c2)cc1. The van der Waals surface area contributed by atoms with Crippen molar-refractivity contribution in [1.29, 1.82) is 0 Å². The minimum atomic E-state index is -0.660. The molecule has 0 atom stereocenters. The lowest BCUT2D eigenvalue weighted by Gasteiger charge is -2.07. The molecule has 1 N–H and O–H groups in total. The van der Waals surface area contributed by atoms with Crippen LogP contribution in [0.4, 0.5) is 5.69 Å². The summed E-state index contributed by atoms with van der Waals surface area (Å²) in [5, 5.41) is 3.17. The molecule has 0 spiro atoms. The van der Waals surface area contributed by atoms with Gasteiger partial charge >= 0.3 is 11.9 Å². The van der Waals surface area contributed by atoms with Gasteiger partial charge in [0.25, 0.3) is 0 Å². The van der Waals surface area contributed by atoms with Crippen LogP contribution in [0.5, 0.6) is 5.75 Å². The number of ketones is 1. The lowest BCUT2D eigenvalue weighted by molar-refractivity contribution is -0.143. The average Bonchev–Trinajstić information content (AvgIpc) is 2.67. The number of hydrogen-bond acceptors (Lipinski definition) is 6. The van der Waals surface area contributed by atoms with E-state index in [4.69, 9.17) is 21.1 Å². The van der Waals surface area contributed by atoms with Gasteiger partial charge in [-0.1, -0.05) is 17.7 Å². The molecule has 0 saturated carbocycles. The van der Waals surface area contributed by atoms with E-state index in [2.05, 4.69) is 5.32 Å². The molecule has 0 aliphatic carbocycles. The van der Waals surface area contributed by atoms with Crippen LogP contribution in [0.2, 0.25) is 5.02 Å². The number of carbonyl (C=O) groups excluding carboxylic acids is 4. The van der Waals surface area contributed by atoms with E-state index in [1.165, 1.54) is 31.2 Å². The van der Waals surface area contributed by atoms with Crippen molar-refractivity contribution in [1.82, 2.24) is 0 Å². The number of carbonyl (C=O) groups is 4. The molecule has 152 valence electrons. The van der Waals surface area contributed by atoms with Crippen molar-refractivity contribution >= 4 is 40.9 Å². The minimum absolute atomic E-state index is 0.0877. The maximum atomic E-state index is 12.0. The highest BCUT2D eigenvalue weighted by Gasteiger charge is 2.13. The molecule has 0 saturated heterocycles. The lowest BCUT2D eigenvalue weighted by atomic mass is 10.1. The van der Waals surface area contributed by atoms with Gasteiger partial charge in [0, 0.05) is 29.6 Å². The Balaban J connectivity index is 1.74. The van der Waals surface area contributed by atoms with E-state index in [1.807, 2.05) is 6.92 Å². The molecule has 1 amide bonds. The largest absolute Gasteiger partial charge is 0.457 e. The number of benzene rings is 2. The first-order chi connectivity index (χ1) is 13.7. The molecule has 0 heterocycles. The van der Waals surface area contributed by atoms with Crippen LogP contribution < -0.4 is 10.1 Å². The highest BCUT2D eigenvalue weighted by molar-refractivity contribution is 6.31. The van der Waals surface area contributed by atoms with Crippen LogP contribution in [-0.2, 0) is 19.1 Å². The van der Waals surface area contributed by atoms with Crippen LogP contribution in [0.1, 0.15) is 35.7 Å². The predicted molar refractivity (Wildman–Crippen MR) is 107 cm³/mol. The molecule has 2 rings (SSSR count). The molecular formula is C21H20ClNO6. The predicted octanol–water partition coefficient (Wildman–Crippen LogP) is 3.72. The van der Waals surface area contributed by atoms with Gasteiger partial charge in [-0.05, 0) is 48.9 Å². The van der Waals surface area contributed by atoms with Crippen LogP contribution in [0, 0.1) is 6.92 Å². The molecule has 2 aromatic carbocycles. The van der Waals surface area contributed by atoms with Crippen LogP contribution in [0.3, 0.4) is 0 Å². The van der Waals surface area contributed by atoms with Crippen molar-refractivity contribution in [2.24, 2.45) is 0 Å². The number of esters is 2. The smallest absolute Gasteiger partial charge is 0.308 e. The summed E-state index contributed by atoms with van der Waals surface area (Å²) in [6.07, 6.45) is -0.250. The van der Waals surface area contributed by atoms with Gasteiger partial charge in [-0.3, -0.25) is 19.2 Å². The van der Waals surface area contributed by atoms with Crippen molar-refractivity contribution in [2.45, 2.75) is 26.7 Å². The molecule has 8 heteroatoms. The van der Waals surface area contributed by atoms with E-state index in [1.54, 1.807) is 18.2 Å². The first-order valence-electron chi connectivity index (χ1n) is 8.78. The summed E-state index contributed by atoms with van der Waals surface area (Å²) < 4.78 is 9.79. The summed E-state index contributed by atoms with van der Waals surface area (Å²) in [5.41, 5.74) is 1.73. The molecule has 0 bridgehead atoms. The van der Waals surface area contributed by atoms with Crippen LogP contribution in [0.25, 0.3) is 0 Å². The Morgan fingerprint density at radius 1 is 1.00 bits per heavy atom. The number of rotatable bonds is 8. The van der Waals surface area contributed by atoms with E-state index in [9.17, 15) is 19.2 Å². The van der Waals surface area contributed by atoms with Gasteiger partial charge in [-0.2, -0.15) is 0 Å². The zero-order valence-electron chi connectivity index (χ0n) is 16.0. The molecule has 0 aliphatic heterocycles. The molecule has 0 unspecified atom stereocenters. The molecule has 2 aromatic rings. The second kappa shape index (κ2) is 10.4. The fraction of sp³-hybridized carbons (Fsp3) is 0.238. The fourth-order valence-corrected chi connectivity index (χ4v) is 2.47. The van der Waals surface area contributed by atoms with Gasteiger partial charge in [0.05, 0.1) is 6.42 Å². The molecule has 0 aliphatic rings. The Labute approximate surface area is 172 Å². The van der Waals surface area contributed by atoms with E-state index in [0.29, 0.717) is 22.0 Å².